The zero-order valence-electron chi connectivity index (χ0n) is 8.70. The van der Waals surface area contributed by atoms with Crippen molar-refractivity contribution in [2.75, 3.05) is 25.0 Å². The van der Waals surface area contributed by atoms with Crippen molar-refractivity contribution in [3.05, 3.63) is 12.2 Å². The summed E-state index contributed by atoms with van der Waals surface area (Å²) in [7, 11) is 0. The Bertz CT molecular complexity index is 195. The largest absolute Gasteiger partial charge is 0.373 e. The number of hydrogen-bond donors (Lipinski definition) is 0. The Morgan fingerprint density at radius 2 is 2.20 bits per heavy atom. The van der Waals surface area contributed by atoms with E-state index in [4.69, 9.17) is 37.4 Å². The highest BCUT2D eigenvalue weighted by Gasteiger charge is 2.24. The monoisotopic (exact) mass is 254 g/mol. The van der Waals surface area contributed by atoms with Crippen molar-refractivity contribution in [2.45, 2.75) is 25.4 Å². The molecule has 0 aromatic rings. The second kappa shape index (κ2) is 7.47. The van der Waals surface area contributed by atoms with Crippen molar-refractivity contribution in [3.63, 3.8) is 0 Å². The molecule has 5 heteroatoms. The van der Waals surface area contributed by atoms with E-state index >= 15 is 0 Å². The minimum absolute atomic E-state index is 0.0277. The predicted octanol–water partition coefficient (Wildman–Crippen LogP) is 2.17. The lowest BCUT2D eigenvalue weighted by Gasteiger charge is -2.14. The second-order valence-electron chi connectivity index (χ2n) is 3.25. The zero-order valence-corrected chi connectivity index (χ0v) is 10.2. The number of ether oxygens (including phenoxy) is 3. The maximum absolute atomic E-state index is 5.64. The molecule has 0 aliphatic carbocycles. The summed E-state index contributed by atoms with van der Waals surface area (Å²) in [4.78, 5) is 0. The highest BCUT2D eigenvalue weighted by molar-refractivity contribution is 6.21. The molecular weight excluding hydrogens is 239 g/mol. The smallest absolute Gasteiger partial charge is 0.177 e. The average molecular weight is 255 g/mol. The molecule has 0 aromatic carbocycles. The first-order valence-corrected chi connectivity index (χ1v) is 6.00. The van der Waals surface area contributed by atoms with Crippen LogP contribution in [0.5, 0.6) is 0 Å². The van der Waals surface area contributed by atoms with Crippen molar-refractivity contribution in [2.24, 2.45) is 0 Å². The van der Waals surface area contributed by atoms with Gasteiger partial charge in [-0.2, -0.15) is 0 Å². The van der Waals surface area contributed by atoms with Gasteiger partial charge in [-0.15, -0.1) is 23.2 Å². The van der Waals surface area contributed by atoms with Crippen LogP contribution in [0.2, 0.25) is 0 Å². The summed E-state index contributed by atoms with van der Waals surface area (Å²) in [5.41, 5.74) is 0. The lowest BCUT2D eigenvalue weighted by molar-refractivity contribution is -0.0476. The molecule has 1 heterocycles. The van der Waals surface area contributed by atoms with E-state index < -0.39 is 0 Å². The Balaban J connectivity index is 2.18. The molecule has 2 unspecified atom stereocenters. The molecule has 2 atom stereocenters. The lowest BCUT2D eigenvalue weighted by Crippen LogP contribution is -2.25. The summed E-state index contributed by atoms with van der Waals surface area (Å²) >= 11 is 11.3. The topological polar surface area (TPSA) is 27.7 Å². The van der Waals surface area contributed by atoms with Crippen LogP contribution in [-0.4, -0.2) is 43.5 Å². The van der Waals surface area contributed by atoms with Crippen LogP contribution in [0.4, 0.5) is 0 Å². The van der Waals surface area contributed by atoms with Gasteiger partial charge in [0, 0.05) is 11.8 Å². The third-order valence-electron chi connectivity index (χ3n) is 1.98. The molecule has 1 rings (SSSR count). The summed E-state index contributed by atoms with van der Waals surface area (Å²) in [6.07, 6.45) is 3.38. The molecule has 0 bridgehead atoms. The number of rotatable bonds is 6. The molecule has 88 valence electrons. The van der Waals surface area contributed by atoms with Gasteiger partial charge in [0.1, 0.15) is 6.10 Å². The molecular formula is C10H16Cl2O3. The Kier molecular flexibility index (Phi) is 6.61. The molecule has 15 heavy (non-hydrogen) atoms. The van der Waals surface area contributed by atoms with Crippen molar-refractivity contribution in [3.8, 4) is 0 Å². The Labute approximate surface area is 100 Å². The third-order valence-corrected chi connectivity index (χ3v) is 2.67. The van der Waals surface area contributed by atoms with Gasteiger partial charge in [0.15, 0.2) is 6.29 Å². The highest BCUT2D eigenvalue weighted by Crippen LogP contribution is 2.14. The number of halogens is 2. The number of allylic oxidation sites excluding steroid dienone is 1. The van der Waals surface area contributed by atoms with Gasteiger partial charge in [-0.1, -0.05) is 6.08 Å². The molecule has 0 amide bonds. The van der Waals surface area contributed by atoms with Crippen LogP contribution in [0.1, 0.15) is 6.92 Å². The minimum Gasteiger partial charge on any atom is -0.373 e. The van der Waals surface area contributed by atoms with Gasteiger partial charge in [0.05, 0.1) is 19.3 Å². The molecule has 0 radical (unpaired) electrons. The predicted molar refractivity (Wildman–Crippen MR) is 60.6 cm³/mol. The molecule has 0 spiro atoms. The lowest BCUT2D eigenvalue weighted by atomic mass is 10.4. The average Bonchev–Trinajstić information content (AvgIpc) is 2.68. The van der Waals surface area contributed by atoms with Crippen LogP contribution in [0.3, 0.4) is 0 Å². The van der Waals surface area contributed by atoms with Gasteiger partial charge in [-0.05, 0) is 13.0 Å². The van der Waals surface area contributed by atoms with Crippen molar-refractivity contribution >= 4 is 23.2 Å². The fourth-order valence-corrected chi connectivity index (χ4v) is 1.70. The van der Waals surface area contributed by atoms with E-state index in [1.54, 1.807) is 0 Å². The first-order chi connectivity index (χ1) is 7.30. The first-order valence-electron chi connectivity index (χ1n) is 4.93. The van der Waals surface area contributed by atoms with E-state index in [0.717, 1.165) is 0 Å². The first kappa shape index (κ1) is 13.3. The van der Waals surface area contributed by atoms with E-state index in [1.165, 1.54) is 0 Å². The summed E-state index contributed by atoms with van der Waals surface area (Å²) in [5, 5.41) is 0. The zero-order chi connectivity index (χ0) is 11.1. The highest BCUT2D eigenvalue weighted by atomic mass is 35.5. The van der Waals surface area contributed by atoms with Crippen molar-refractivity contribution in [1.29, 1.82) is 0 Å². The van der Waals surface area contributed by atoms with Crippen LogP contribution in [0, 0.1) is 0 Å². The molecule has 0 aromatic heterocycles. The molecule has 3 nitrogen and oxygen atoms in total. The normalized spacial score (nSPS) is 26.9. The third kappa shape index (κ3) is 4.70. The van der Waals surface area contributed by atoms with Gasteiger partial charge < -0.3 is 14.2 Å². The van der Waals surface area contributed by atoms with E-state index in [1.807, 2.05) is 19.1 Å². The molecule has 1 saturated heterocycles. The fourth-order valence-electron chi connectivity index (χ4n) is 1.19. The van der Waals surface area contributed by atoms with Crippen LogP contribution < -0.4 is 0 Å². The molecule has 1 aliphatic heterocycles. The van der Waals surface area contributed by atoms with Gasteiger partial charge >= 0.3 is 0 Å². The van der Waals surface area contributed by atoms with Gasteiger partial charge in [-0.3, -0.25) is 0 Å². The molecule has 1 aliphatic rings. The number of alkyl halides is 2. The standard InChI is InChI=1S/C10H16Cl2O3/c1-2-3-10-14-7-9(15-10)6-13-8(4-11)5-12/h2-3,8-10H,4-7H2,1H3/b3-2+. The maximum Gasteiger partial charge on any atom is 0.177 e. The molecule has 0 N–H and O–H groups in total. The van der Waals surface area contributed by atoms with E-state index in [-0.39, 0.29) is 18.5 Å². The van der Waals surface area contributed by atoms with Gasteiger partial charge in [0.25, 0.3) is 0 Å². The van der Waals surface area contributed by atoms with E-state index in [2.05, 4.69) is 0 Å². The quantitative estimate of drug-likeness (QED) is 0.537. The van der Waals surface area contributed by atoms with Crippen LogP contribution >= 0.6 is 23.2 Å². The van der Waals surface area contributed by atoms with E-state index in [0.29, 0.717) is 25.0 Å². The number of hydrogen-bond acceptors (Lipinski definition) is 3. The Morgan fingerprint density at radius 3 is 2.80 bits per heavy atom. The summed E-state index contributed by atoms with van der Waals surface area (Å²) in [5.74, 6) is 0.796. The summed E-state index contributed by atoms with van der Waals surface area (Å²) in [6, 6.07) is 0. The minimum atomic E-state index is -0.242. The summed E-state index contributed by atoms with van der Waals surface area (Å²) < 4.78 is 16.3. The molecule has 1 fully saturated rings. The van der Waals surface area contributed by atoms with Gasteiger partial charge in [0.2, 0.25) is 0 Å². The van der Waals surface area contributed by atoms with Crippen LogP contribution in [-0.2, 0) is 14.2 Å². The SMILES string of the molecule is C/C=C/C1OCC(COC(CCl)CCl)O1. The molecule has 0 saturated carbocycles. The Hall–Kier alpha value is 0.200. The fraction of sp³-hybridized carbons (Fsp3) is 0.800. The van der Waals surface area contributed by atoms with Gasteiger partial charge in [-0.25, -0.2) is 0 Å². The Morgan fingerprint density at radius 1 is 1.47 bits per heavy atom. The van der Waals surface area contributed by atoms with Crippen LogP contribution in [0.15, 0.2) is 12.2 Å². The second-order valence-corrected chi connectivity index (χ2v) is 3.87. The van der Waals surface area contributed by atoms with E-state index in [9.17, 15) is 0 Å². The summed E-state index contributed by atoms with van der Waals surface area (Å²) in [6.45, 7) is 2.94. The van der Waals surface area contributed by atoms with Crippen LogP contribution in [0.25, 0.3) is 0 Å². The van der Waals surface area contributed by atoms with Crippen molar-refractivity contribution in [1.82, 2.24) is 0 Å². The van der Waals surface area contributed by atoms with Crippen molar-refractivity contribution < 1.29 is 14.2 Å². The maximum atomic E-state index is 5.64.